The third-order valence-electron chi connectivity index (χ3n) is 7.29. The molecule has 0 aromatic heterocycles. The Kier molecular flexibility index (Phi) is 5.30. The molecular weight excluding hydrogens is 408 g/mol. The van der Waals surface area contributed by atoms with Gasteiger partial charge in [-0.2, -0.15) is 0 Å². The molecule has 0 amide bonds. The molecule has 0 heterocycles. The topological polar surface area (TPSA) is 0 Å². The summed E-state index contributed by atoms with van der Waals surface area (Å²) in [5, 5.41) is 0. The summed E-state index contributed by atoms with van der Waals surface area (Å²) in [6.45, 7) is 4.55. The van der Waals surface area contributed by atoms with Crippen molar-refractivity contribution in [1.82, 2.24) is 0 Å². The van der Waals surface area contributed by atoms with Crippen molar-refractivity contribution in [3.05, 3.63) is 143 Å². The highest BCUT2D eigenvalue weighted by molar-refractivity contribution is 5.93. The van der Waals surface area contributed by atoms with Crippen molar-refractivity contribution in [2.75, 3.05) is 0 Å². The van der Waals surface area contributed by atoms with E-state index < -0.39 is 0 Å². The van der Waals surface area contributed by atoms with Crippen LogP contribution in [0.1, 0.15) is 48.9 Å². The molecule has 0 N–H and O–H groups in total. The van der Waals surface area contributed by atoms with E-state index in [1.807, 2.05) is 0 Å². The summed E-state index contributed by atoms with van der Waals surface area (Å²) in [5.74, 6) is 0. The van der Waals surface area contributed by atoms with Gasteiger partial charge in [-0.1, -0.05) is 108 Å². The van der Waals surface area contributed by atoms with Crippen molar-refractivity contribution in [2.45, 2.75) is 26.7 Å². The average molecular weight is 437 g/mol. The fourth-order valence-corrected chi connectivity index (χ4v) is 5.70. The van der Waals surface area contributed by atoms with Crippen LogP contribution in [0, 0.1) is 12.8 Å². The maximum atomic E-state index is 2.36. The third kappa shape index (κ3) is 3.55. The van der Waals surface area contributed by atoms with Crippen LogP contribution in [-0.2, 0) is 0 Å². The first-order valence-corrected chi connectivity index (χ1v) is 12.2. The molecule has 4 aromatic rings. The fourth-order valence-electron chi connectivity index (χ4n) is 5.70. The van der Waals surface area contributed by atoms with Crippen LogP contribution in [0.3, 0.4) is 0 Å². The summed E-state index contributed by atoms with van der Waals surface area (Å²) in [6.07, 6.45) is 6.81. The SMILES string of the molecule is CC1=C(CCC2=C(C)[CH]c3cccc(-c4ccccc4)c32)c2c(cccc2-c2ccccc2)[CH]1. The molecule has 34 heavy (non-hydrogen) atoms. The van der Waals surface area contributed by atoms with Crippen LogP contribution in [0.4, 0.5) is 0 Å². The molecule has 0 bridgehead atoms. The molecule has 6 rings (SSSR count). The van der Waals surface area contributed by atoms with E-state index in [1.165, 1.54) is 66.8 Å². The molecule has 164 valence electrons. The maximum absolute atomic E-state index is 2.36. The minimum absolute atomic E-state index is 1.04. The molecule has 2 radical (unpaired) electrons. The highest BCUT2D eigenvalue weighted by Crippen LogP contribution is 2.47. The predicted molar refractivity (Wildman–Crippen MR) is 145 cm³/mol. The lowest BCUT2D eigenvalue weighted by Crippen LogP contribution is -1.94. The van der Waals surface area contributed by atoms with Gasteiger partial charge in [-0.15, -0.1) is 0 Å². The number of hydrogen-bond acceptors (Lipinski definition) is 0. The van der Waals surface area contributed by atoms with Crippen LogP contribution in [-0.4, -0.2) is 0 Å². The number of hydrogen-bond donors (Lipinski definition) is 0. The zero-order valence-corrected chi connectivity index (χ0v) is 19.8. The average Bonchev–Trinajstić information content (AvgIpc) is 3.38. The lowest BCUT2D eigenvalue weighted by Gasteiger charge is -2.16. The van der Waals surface area contributed by atoms with Gasteiger partial charge in [-0.05, 0) is 82.3 Å². The fraction of sp³-hybridized carbons (Fsp3) is 0.118. The smallest absolute Gasteiger partial charge is 0.0164 e. The lowest BCUT2D eigenvalue weighted by molar-refractivity contribution is 1.08. The zero-order chi connectivity index (χ0) is 23.1. The molecule has 2 aliphatic carbocycles. The lowest BCUT2D eigenvalue weighted by atomic mass is 9.88. The number of fused-ring (bicyclic) bond motifs is 2. The summed E-state index contributed by atoms with van der Waals surface area (Å²) in [5.41, 5.74) is 16.6. The van der Waals surface area contributed by atoms with Gasteiger partial charge in [0.05, 0.1) is 0 Å². The minimum atomic E-state index is 1.04. The first kappa shape index (κ1) is 20.9. The van der Waals surface area contributed by atoms with E-state index in [0.717, 1.165) is 12.8 Å². The van der Waals surface area contributed by atoms with E-state index in [-0.39, 0.29) is 0 Å². The highest BCUT2D eigenvalue weighted by atomic mass is 14.3. The van der Waals surface area contributed by atoms with Crippen molar-refractivity contribution in [3.63, 3.8) is 0 Å². The number of benzene rings is 4. The van der Waals surface area contributed by atoms with Crippen LogP contribution in [0.25, 0.3) is 33.4 Å². The van der Waals surface area contributed by atoms with Crippen molar-refractivity contribution in [1.29, 1.82) is 0 Å². The van der Waals surface area contributed by atoms with Gasteiger partial charge >= 0.3 is 0 Å². The second kappa shape index (κ2) is 8.61. The summed E-state index contributed by atoms with van der Waals surface area (Å²) in [6, 6.07) is 35.1. The number of allylic oxidation sites excluding steroid dienone is 4. The molecule has 0 saturated carbocycles. The van der Waals surface area contributed by atoms with E-state index >= 15 is 0 Å². The van der Waals surface area contributed by atoms with Crippen molar-refractivity contribution >= 4 is 11.1 Å². The second-order valence-corrected chi connectivity index (χ2v) is 9.38. The van der Waals surface area contributed by atoms with Crippen LogP contribution in [0.5, 0.6) is 0 Å². The molecule has 2 aliphatic rings. The van der Waals surface area contributed by atoms with Gasteiger partial charge < -0.3 is 0 Å². The van der Waals surface area contributed by atoms with Gasteiger partial charge in [0, 0.05) is 12.8 Å². The first-order chi connectivity index (χ1) is 16.7. The van der Waals surface area contributed by atoms with E-state index in [4.69, 9.17) is 0 Å². The van der Waals surface area contributed by atoms with Crippen LogP contribution in [0.15, 0.2) is 108 Å². The molecule has 0 aliphatic heterocycles. The minimum Gasteiger partial charge on any atom is -0.0622 e. The Balaban J connectivity index is 1.36. The summed E-state index contributed by atoms with van der Waals surface area (Å²) in [4.78, 5) is 0. The Hall–Kier alpha value is -3.64. The maximum Gasteiger partial charge on any atom is 0.0164 e. The monoisotopic (exact) mass is 436 g/mol. The Bertz CT molecular complexity index is 1320. The summed E-state index contributed by atoms with van der Waals surface area (Å²) in [7, 11) is 0. The molecule has 0 fully saturated rings. The van der Waals surface area contributed by atoms with E-state index in [1.54, 1.807) is 0 Å². The molecule has 0 unspecified atom stereocenters. The van der Waals surface area contributed by atoms with Gasteiger partial charge in [-0.3, -0.25) is 0 Å². The molecule has 4 aromatic carbocycles. The first-order valence-electron chi connectivity index (χ1n) is 12.2. The molecule has 0 nitrogen and oxygen atoms in total. The van der Waals surface area contributed by atoms with E-state index in [0.29, 0.717) is 0 Å². The third-order valence-corrected chi connectivity index (χ3v) is 7.29. The largest absolute Gasteiger partial charge is 0.0622 e. The second-order valence-electron chi connectivity index (χ2n) is 9.38. The Labute approximate surface area is 203 Å². The van der Waals surface area contributed by atoms with Crippen molar-refractivity contribution in [3.8, 4) is 22.3 Å². The highest BCUT2D eigenvalue weighted by Gasteiger charge is 2.26. The van der Waals surface area contributed by atoms with Crippen LogP contribution < -0.4 is 0 Å². The Morgan fingerprint density at radius 2 is 0.853 bits per heavy atom. The standard InChI is InChI=1S/C34H28/c1-23-21-27-15-9-17-31(25-11-5-3-6-12-25)33(27)29(23)19-20-30-24(2)22-28-16-10-18-32(34(28)30)26-13-7-4-8-14-26/h3-18,21-22H,19-20H2,1-2H3. The summed E-state index contributed by atoms with van der Waals surface area (Å²) >= 11 is 0. The van der Waals surface area contributed by atoms with Gasteiger partial charge in [0.2, 0.25) is 0 Å². The normalized spacial score (nSPS) is 14.5. The molecule has 0 saturated heterocycles. The molecule has 0 spiro atoms. The molecule has 0 atom stereocenters. The van der Waals surface area contributed by atoms with Gasteiger partial charge in [0.15, 0.2) is 0 Å². The van der Waals surface area contributed by atoms with Gasteiger partial charge in [-0.25, -0.2) is 0 Å². The zero-order valence-electron chi connectivity index (χ0n) is 19.8. The summed E-state index contributed by atoms with van der Waals surface area (Å²) < 4.78 is 0. The molecule has 0 heteroatoms. The van der Waals surface area contributed by atoms with Crippen molar-refractivity contribution in [2.24, 2.45) is 0 Å². The van der Waals surface area contributed by atoms with Crippen LogP contribution in [0.2, 0.25) is 0 Å². The van der Waals surface area contributed by atoms with E-state index in [2.05, 4.69) is 124 Å². The predicted octanol–water partition coefficient (Wildman–Crippen LogP) is 9.18. The van der Waals surface area contributed by atoms with E-state index in [9.17, 15) is 0 Å². The quantitative estimate of drug-likeness (QED) is 0.292. The Morgan fingerprint density at radius 1 is 0.441 bits per heavy atom. The number of rotatable bonds is 5. The van der Waals surface area contributed by atoms with Gasteiger partial charge in [0.1, 0.15) is 0 Å². The van der Waals surface area contributed by atoms with Crippen molar-refractivity contribution < 1.29 is 0 Å². The van der Waals surface area contributed by atoms with Gasteiger partial charge in [0.25, 0.3) is 0 Å². The molecular formula is C34H28. The Morgan fingerprint density at radius 3 is 1.26 bits per heavy atom. The van der Waals surface area contributed by atoms with Crippen LogP contribution >= 0.6 is 0 Å².